The van der Waals surface area contributed by atoms with E-state index in [1.807, 2.05) is 0 Å². The van der Waals surface area contributed by atoms with Crippen molar-refractivity contribution in [3.63, 3.8) is 0 Å². The molecule has 0 fully saturated rings. The Morgan fingerprint density at radius 2 is 0.725 bits per heavy atom. The molecule has 3 N–H and O–H groups in total. The predicted molar refractivity (Wildman–Crippen MR) is 301 cm³/mol. The van der Waals surface area contributed by atoms with Crippen molar-refractivity contribution in [2.24, 2.45) is 0 Å². The lowest BCUT2D eigenvalue weighted by atomic mass is 10.0. The smallest absolute Gasteiger partial charge is 0.305 e. The molecule has 2 unspecified atom stereocenters. The van der Waals surface area contributed by atoms with E-state index in [4.69, 9.17) is 4.74 Å². The van der Waals surface area contributed by atoms with Gasteiger partial charge in [0.05, 0.1) is 25.4 Å². The highest BCUT2D eigenvalue weighted by Crippen LogP contribution is 2.17. The van der Waals surface area contributed by atoms with Crippen molar-refractivity contribution in [3.8, 4) is 0 Å². The number of esters is 1. The highest BCUT2D eigenvalue weighted by molar-refractivity contribution is 5.76. The van der Waals surface area contributed by atoms with E-state index in [9.17, 15) is 19.8 Å². The lowest BCUT2D eigenvalue weighted by Crippen LogP contribution is -2.45. The van der Waals surface area contributed by atoms with Crippen LogP contribution in [-0.2, 0) is 14.3 Å². The summed E-state index contributed by atoms with van der Waals surface area (Å²) in [6.07, 6.45) is 72.0. The van der Waals surface area contributed by atoms with Crippen molar-refractivity contribution in [2.75, 3.05) is 13.2 Å². The van der Waals surface area contributed by atoms with Crippen molar-refractivity contribution in [2.45, 2.75) is 353 Å². The molecule has 1 amide bonds. The van der Waals surface area contributed by atoms with Gasteiger partial charge in [0.1, 0.15) is 0 Å². The zero-order valence-corrected chi connectivity index (χ0v) is 46.6. The van der Waals surface area contributed by atoms with E-state index in [2.05, 4.69) is 43.5 Å². The van der Waals surface area contributed by atoms with E-state index < -0.39 is 12.1 Å². The molecule has 0 saturated carbocycles. The number of ether oxygens (including phenoxy) is 1. The van der Waals surface area contributed by atoms with E-state index in [0.29, 0.717) is 25.9 Å². The zero-order valence-electron chi connectivity index (χ0n) is 46.6. The van der Waals surface area contributed by atoms with Crippen LogP contribution in [0.3, 0.4) is 0 Å². The third-order valence-electron chi connectivity index (χ3n) is 14.5. The highest BCUT2D eigenvalue weighted by atomic mass is 16.5. The topological polar surface area (TPSA) is 95.9 Å². The molecule has 0 heterocycles. The van der Waals surface area contributed by atoms with Gasteiger partial charge < -0.3 is 20.3 Å². The third-order valence-corrected chi connectivity index (χ3v) is 14.5. The van der Waals surface area contributed by atoms with Gasteiger partial charge in [-0.2, -0.15) is 0 Å². The number of nitrogens with one attached hydrogen (secondary N) is 1. The standard InChI is InChI=1S/C63H121NO5/c1-3-5-7-9-11-13-15-16-33-37-41-45-49-53-57-63(68)69-58-54-50-46-42-38-34-31-29-27-25-23-21-19-17-18-20-22-24-26-28-30-32-36-40-44-48-52-56-62(67)64-60(59-65)61(66)55-51-47-43-39-35-14-12-10-8-6-4-2/h17-18,21,23,60-61,65-66H,3-16,19-20,22,24-59H2,1-2H3,(H,64,67)/b18-17-,23-21-. The monoisotopic (exact) mass is 972 g/mol. The molecular weight excluding hydrogens is 851 g/mol. The molecule has 0 rings (SSSR count). The summed E-state index contributed by atoms with van der Waals surface area (Å²) in [7, 11) is 0. The average Bonchev–Trinajstić information content (AvgIpc) is 3.35. The second kappa shape index (κ2) is 58.9. The molecule has 408 valence electrons. The Kier molecular flexibility index (Phi) is 57.5. The first kappa shape index (κ1) is 67.3. The predicted octanol–water partition coefficient (Wildman–Crippen LogP) is 19.4. The van der Waals surface area contributed by atoms with E-state index in [-0.39, 0.29) is 18.5 Å². The largest absolute Gasteiger partial charge is 0.466 e. The maximum absolute atomic E-state index is 12.4. The van der Waals surface area contributed by atoms with Gasteiger partial charge in [-0.15, -0.1) is 0 Å². The number of allylic oxidation sites excluding steroid dienone is 4. The first-order valence-corrected chi connectivity index (χ1v) is 31.1. The summed E-state index contributed by atoms with van der Waals surface area (Å²) in [5.41, 5.74) is 0. The minimum Gasteiger partial charge on any atom is -0.466 e. The van der Waals surface area contributed by atoms with Crippen LogP contribution in [0.15, 0.2) is 24.3 Å². The molecule has 0 aliphatic carbocycles. The fourth-order valence-electron chi connectivity index (χ4n) is 9.73. The second-order valence-corrected chi connectivity index (χ2v) is 21.4. The van der Waals surface area contributed by atoms with Gasteiger partial charge in [-0.05, 0) is 57.8 Å². The van der Waals surface area contributed by atoms with Gasteiger partial charge in [0.25, 0.3) is 0 Å². The van der Waals surface area contributed by atoms with Gasteiger partial charge in [-0.25, -0.2) is 0 Å². The quantitative estimate of drug-likeness (QED) is 0.0321. The number of rotatable bonds is 58. The van der Waals surface area contributed by atoms with Crippen molar-refractivity contribution in [1.82, 2.24) is 5.32 Å². The van der Waals surface area contributed by atoms with Crippen molar-refractivity contribution in [1.29, 1.82) is 0 Å². The molecule has 69 heavy (non-hydrogen) atoms. The summed E-state index contributed by atoms with van der Waals surface area (Å²) < 4.78 is 5.48. The molecule has 0 aliphatic rings. The SMILES string of the molecule is CCCCCCCCCCCCCCCCC(=O)OCCCCCCCCCCC/C=C\C/C=C\CCCCCCCCCCCCCC(=O)NC(CO)C(O)CCCCCCCCCCCCC. The van der Waals surface area contributed by atoms with Gasteiger partial charge in [0, 0.05) is 12.8 Å². The Morgan fingerprint density at radius 1 is 0.406 bits per heavy atom. The Balaban J connectivity index is 3.39. The van der Waals surface area contributed by atoms with Crippen molar-refractivity contribution >= 4 is 11.9 Å². The molecule has 6 heteroatoms. The first-order chi connectivity index (χ1) is 34.0. The number of hydrogen-bond donors (Lipinski definition) is 3. The number of carbonyl (C=O) groups excluding carboxylic acids is 2. The summed E-state index contributed by atoms with van der Waals surface area (Å²) in [6.45, 7) is 4.96. The molecule has 0 saturated heterocycles. The van der Waals surface area contributed by atoms with Crippen LogP contribution in [0.4, 0.5) is 0 Å². The van der Waals surface area contributed by atoms with Crippen LogP contribution >= 0.6 is 0 Å². The van der Waals surface area contributed by atoms with E-state index in [1.54, 1.807) is 0 Å². The zero-order chi connectivity index (χ0) is 50.0. The maximum atomic E-state index is 12.4. The number of hydrogen-bond acceptors (Lipinski definition) is 5. The van der Waals surface area contributed by atoms with Crippen LogP contribution in [-0.4, -0.2) is 47.4 Å². The summed E-state index contributed by atoms with van der Waals surface area (Å²) in [5.74, 6) is -0.0250. The van der Waals surface area contributed by atoms with E-state index in [1.165, 1.54) is 263 Å². The average molecular weight is 973 g/mol. The van der Waals surface area contributed by atoms with E-state index >= 15 is 0 Å². The molecule has 0 spiro atoms. The summed E-state index contributed by atoms with van der Waals surface area (Å²) in [6, 6.07) is -0.542. The lowest BCUT2D eigenvalue weighted by Gasteiger charge is -2.22. The molecule has 6 nitrogen and oxygen atoms in total. The van der Waals surface area contributed by atoms with Gasteiger partial charge in [0.15, 0.2) is 0 Å². The van der Waals surface area contributed by atoms with Crippen LogP contribution in [0.1, 0.15) is 341 Å². The number of aliphatic hydroxyl groups excluding tert-OH is 2. The van der Waals surface area contributed by atoms with E-state index in [0.717, 1.165) is 44.9 Å². The van der Waals surface area contributed by atoms with Crippen molar-refractivity contribution < 1.29 is 24.5 Å². The van der Waals surface area contributed by atoms with Gasteiger partial charge in [0.2, 0.25) is 5.91 Å². The van der Waals surface area contributed by atoms with Crippen LogP contribution in [0, 0.1) is 0 Å². The lowest BCUT2D eigenvalue weighted by molar-refractivity contribution is -0.143. The van der Waals surface area contributed by atoms with Gasteiger partial charge in [-0.3, -0.25) is 9.59 Å². The number of carbonyl (C=O) groups is 2. The second-order valence-electron chi connectivity index (χ2n) is 21.4. The van der Waals surface area contributed by atoms with Gasteiger partial charge >= 0.3 is 5.97 Å². The maximum Gasteiger partial charge on any atom is 0.305 e. The molecule has 0 aromatic heterocycles. The Hall–Kier alpha value is -1.66. The molecule has 0 aromatic rings. The molecule has 0 bridgehead atoms. The molecule has 2 atom stereocenters. The summed E-state index contributed by atoms with van der Waals surface area (Å²) in [4.78, 5) is 24.5. The summed E-state index contributed by atoms with van der Waals surface area (Å²) in [5, 5.41) is 23.2. The fourth-order valence-corrected chi connectivity index (χ4v) is 9.73. The number of unbranched alkanes of at least 4 members (excludes halogenated alkanes) is 43. The minimum atomic E-state index is -0.664. The van der Waals surface area contributed by atoms with Crippen molar-refractivity contribution in [3.05, 3.63) is 24.3 Å². The molecule has 0 aliphatic heterocycles. The van der Waals surface area contributed by atoms with Gasteiger partial charge in [-0.1, -0.05) is 295 Å². The van der Waals surface area contributed by atoms with Crippen LogP contribution in [0.2, 0.25) is 0 Å². The highest BCUT2D eigenvalue weighted by Gasteiger charge is 2.20. The normalized spacial score (nSPS) is 12.7. The third kappa shape index (κ3) is 55.5. The minimum absolute atomic E-state index is 0.0131. The van der Waals surface area contributed by atoms with Crippen LogP contribution in [0.5, 0.6) is 0 Å². The Bertz CT molecular complexity index is 1080. The first-order valence-electron chi connectivity index (χ1n) is 31.1. The molecule has 0 aromatic carbocycles. The Labute approximate surface area is 431 Å². The van der Waals surface area contributed by atoms with Crippen LogP contribution in [0.25, 0.3) is 0 Å². The molecular formula is C63H121NO5. The number of amides is 1. The Morgan fingerprint density at radius 3 is 1.10 bits per heavy atom. The summed E-state index contributed by atoms with van der Waals surface area (Å²) >= 11 is 0. The van der Waals surface area contributed by atoms with Crippen LogP contribution < -0.4 is 5.32 Å². The molecule has 0 radical (unpaired) electrons. The number of aliphatic hydroxyl groups is 2. The fraction of sp³-hybridized carbons (Fsp3) is 0.905.